The molecule has 32 heteroatoms. The second-order valence-corrected chi connectivity index (χ2v) is 35.4. The molecule has 648 valence electrons. The lowest BCUT2D eigenvalue weighted by Crippen LogP contribution is -2.41. The lowest BCUT2D eigenvalue weighted by molar-refractivity contribution is -0.151. The summed E-state index contributed by atoms with van der Waals surface area (Å²) in [5, 5.41) is 28.1. The molecule has 7 N–H and O–H groups in total. The Morgan fingerprint density at radius 2 is 0.582 bits per heavy atom. The maximum atomic E-state index is 12.4. The number of alkyl halides is 2. The van der Waals surface area contributed by atoms with Crippen LogP contribution in [0.5, 0.6) is 0 Å². The van der Waals surface area contributed by atoms with Gasteiger partial charge in [-0.05, 0) is 216 Å². The van der Waals surface area contributed by atoms with Crippen LogP contribution in [0, 0.1) is 0 Å². The van der Waals surface area contributed by atoms with Crippen molar-refractivity contribution in [3.63, 3.8) is 0 Å². The van der Waals surface area contributed by atoms with E-state index >= 15 is 0 Å². The largest absolute Gasteiger partial charge is 0.461 e. The Hall–Kier alpha value is -2.26. The van der Waals surface area contributed by atoms with Crippen LogP contribution in [0.3, 0.4) is 0 Å². The first kappa shape index (κ1) is 106. The summed E-state index contributed by atoms with van der Waals surface area (Å²) < 4.78 is 53.5. The van der Waals surface area contributed by atoms with E-state index in [-0.39, 0.29) is 77.3 Å². The van der Waals surface area contributed by atoms with Crippen LogP contribution in [-0.2, 0) is 76.1 Å². The normalized spacial score (nSPS) is 18.7. The molecule has 0 amide bonds. The van der Waals surface area contributed by atoms with Crippen LogP contribution in [0.1, 0.15) is 173 Å². The molecule has 5 heterocycles. The van der Waals surface area contributed by atoms with Crippen LogP contribution in [-0.4, -0.2) is 383 Å². The van der Waals surface area contributed by atoms with Gasteiger partial charge in [0.1, 0.15) is 34.8 Å². The molecule has 0 spiro atoms. The van der Waals surface area contributed by atoms with Crippen molar-refractivity contribution in [1.29, 1.82) is 0 Å². The molecule has 5 fully saturated rings. The number of aliphatic hydroxyl groups is 3. The third-order valence-corrected chi connectivity index (χ3v) is 20.2. The highest BCUT2D eigenvalue weighted by atomic mass is 79.9. The van der Waals surface area contributed by atoms with Gasteiger partial charge in [-0.15, -0.1) is 0 Å². The molecule has 29 nitrogen and oxygen atoms in total. The Morgan fingerprint density at radius 3 is 0.791 bits per heavy atom. The van der Waals surface area contributed by atoms with Gasteiger partial charge in [0.05, 0.1) is 88.7 Å². The quantitative estimate of drug-likeness (QED) is 0.0154. The number of carbonyl (C=O) groups is 6. The van der Waals surface area contributed by atoms with Gasteiger partial charge in [-0.2, -0.15) is 0 Å². The summed E-state index contributed by atoms with van der Waals surface area (Å²) in [7, 11) is 0. The van der Waals surface area contributed by atoms with Crippen LogP contribution in [0.15, 0.2) is 0 Å². The van der Waals surface area contributed by atoms with Crippen molar-refractivity contribution in [3.05, 3.63) is 0 Å². The number of halogens is 3. The number of nitrogens with zero attached hydrogens (tertiary/aromatic N) is 8. The number of hydrogen-bond donors (Lipinski definition) is 5. The molecule has 5 aliphatic rings. The van der Waals surface area contributed by atoms with E-state index in [9.17, 15) is 39.0 Å². The highest BCUT2D eigenvalue weighted by Gasteiger charge is 2.29. The Labute approximate surface area is 687 Å². The molecule has 0 aliphatic carbocycles. The number of nitrogens with two attached hydrogens (primary N) is 2. The van der Waals surface area contributed by atoms with Crippen molar-refractivity contribution in [2.75, 3.05) is 236 Å². The van der Waals surface area contributed by atoms with Crippen molar-refractivity contribution in [1.82, 2.24) is 39.2 Å². The van der Waals surface area contributed by atoms with E-state index in [0.29, 0.717) is 51.9 Å². The maximum Gasteiger partial charge on any atom is 0.322 e. The third-order valence-electron chi connectivity index (χ3n) is 18.0. The Balaban J connectivity index is 0.000000803. The van der Waals surface area contributed by atoms with E-state index in [2.05, 4.69) is 87.0 Å². The number of rotatable bonds is 49. The molecule has 0 saturated carbocycles. The summed E-state index contributed by atoms with van der Waals surface area (Å²) in [6, 6.07) is 0. The van der Waals surface area contributed by atoms with Gasteiger partial charge in [-0.3, -0.25) is 58.2 Å². The molecular formula is C78H151Br3N10O19. The second-order valence-electron chi connectivity index (χ2n) is 30.8. The SMILES string of the molecule is CC(C)(Br)C(=O)Br.CC(CN1CCOCC1)OC(=O)CCCCN(CCCCC(=O)OC(C)CN1CCOCC1)CC(C)OC(=O)C(C)(C)Br.CC(O)CN(CCCCC(=O)OC(C)CN1CCOCC1)CCCCC(=O)OC(C)CN1CCOCC1.CC(O)CN(CCCN)CCCN.CC(O)CN1CCOCC1. The number of aliphatic hydroxyl groups excluding tert-OH is 3. The standard InChI is InChI=1S/C31H56BrN3O8.C27H51N3O7.C9H23N3O.C7H15NO2.C4H6Br2O/c1-25(22-34-14-18-39-19-15-34)41-28(36)10-6-8-12-33(24-27(3)43-30(38)31(4,5)32)13-9-7-11-29(37)42-26(2)23-35-16-20-40-21-17-35;1-23(31)20-28(10-6-4-8-26(32)36-24(2)21-29-12-16-34-17-13-29)11-7-5-9-27(33)37-25(3)22-30-14-18-35-19-15-30;1-9(13)8-12(6-2-4-10)7-3-5-11;1-7(9)6-8-2-4-10-5-3-8;1-4(2,6)3(5)7/h25-27H,6-24H2,1-5H3;23-25,31H,4-22H2,1-3H3;9,13H,2-8,10-11H2,1H3;7,9H,2-6H2,1H3;1-2H3. The van der Waals surface area contributed by atoms with Crippen molar-refractivity contribution in [2.24, 2.45) is 11.5 Å². The Kier molecular flexibility index (Phi) is 62.3. The number of unbranched alkanes of at least 4 members (excludes halogenated alkanes) is 4. The second kappa shape index (κ2) is 64.8. The molecular weight excluding hydrogens is 1620 g/mol. The maximum absolute atomic E-state index is 12.4. The van der Waals surface area contributed by atoms with E-state index in [4.69, 9.17) is 63.9 Å². The predicted molar refractivity (Wildman–Crippen MR) is 441 cm³/mol. The number of esters is 5. The molecule has 5 rings (SSSR count). The minimum absolute atomic E-state index is 0.0278. The van der Waals surface area contributed by atoms with E-state index in [1.165, 1.54) is 0 Å². The Morgan fingerprint density at radius 1 is 0.355 bits per heavy atom. The van der Waals surface area contributed by atoms with Gasteiger partial charge in [0, 0.05) is 143 Å². The molecule has 110 heavy (non-hydrogen) atoms. The molecule has 5 saturated heterocycles. The molecule has 0 aromatic rings. The van der Waals surface area contributed by atoms with Crippen molar-refractivity contribution in [2.45, 2.75) is 230 Å². The fraction of sp³-hybridized carbons (Fsp3) is 0.923. The van der Waals surface area contributed by atoms with Crippen LogP contribution in [0.4, 0.5) is 0 Å². The highest BCUT2D eigenvalue weighted by molar-refractivity contribution is 9.20. The molecule has 8 atom stereocenters. The average Bonchev–Trinajstić information content (AvgIpc) is 0.898. The van der Waals surface area contributed by atoms with Gasteiger partial charge < -0.3 is 84.0 Å². The Bertz CT molecular complexity index is 2230. The van der Waals surface area contributed by atoms with Crippen molar-refractivity contribution in [3.8, 4) is 0 Å². The van der Waals surface area contributed by atoms with E-state index in [1.807, 2.05) is 41.5 Å². The highest BCUT2D eigenvalue weighted by Crippen LogP contribution is 2.21. The minimum atomic E-state index is -0.745. The van der Waals surface area contributed by atoms with E-state index < -0.39 is 14.8 Å². The minimum Gasteiger partial charge on any atom is -0.461 e. The lowest BCUT2D eigenvalue weighted by atomic mass is 10.2. The molecule has 0 radical (unpaired) electrons. The molecule has 0 aromatic carbocycles. The van der Waals surface area contributed by atoms with Gasteiger partial charge in [0.2, 0.25) is 4.69 Å². The van der Waals surface area contributed by atoms with Crippen LogP contribution in [0.25, 0.3) is 0 Å². The summed E-state index contributed by atoms with van der Waals surface area (Å²) in [5.41, 5.74) is 10.8. The van der Waals surface area contributed by atoms with Gasteiger partial charge in [-0.1, -0.05) is 31.9 Å². The van der Waals surface area contributed by atoms with Crippen LogP contribution in [0.2, 0.25) is 0 Å². The number of ether oxygens (including phenoxy) is 10. The molecule has 0 bridgehead atoms. The van der Waals surface area contributed by atoms with Crippen LogP contribution < -0.4 is 11.5 Å². The number of hydrogen-bond acceptors (Lipinski definition) is 29. The van der Waals surface area contributed by atoms with Crippen molar-refractivity contribution < 1.29 is 91.5 Å². The number of carbonyl (C=O) groups excluding carboxylic acids is 6. The smallest absolute Gasteiger partial charge is 0.322 e. The molecule has 0 aromatic heterocycles. The first-order valence-corrected chi connectivity index (χ1v) is 43.2. The topological polar surface area (TPSA) is 333 Å². The number of morpholine rings is 5. The van der Waals surface area contributed by atoms with Crippen LogP contribution >= 0.6 is 47.8 Å². The fourth-order valence-corrected chi connectivity index (χ4v) is 12.5. The van der Waals surface area contributed by atoms with E-state index in [0.717, 1.165) is 274 Å². The number of β-amino-alcohol motifs (C(OH)–C–C–N with tert-alkyl or cyclic N) is 1. The summed E-state index contributed by atoms with van der Waals surface area (Å²) in [6.07, 6.45) is 8.11. The summed E-state index contributed by atoms with van der Waals surface area (Å²) in [6.45, 7) is 50.7. The summed E-state index contributed by atoms with van der Waals surface area (Å²) >= 11 is 9.32. The predicted octanol–water partition coefficient (Wildman–Crippen LogP) is 5.95. The fourth-order valence-electron chi connectivity index (χ4n) is 12.4. The van der Waals surface area contributed by atoms with Gasteiger partial charge in [0.25, 0.3) is 0 Å². The first-order chi connectivity index (χ1) is 52.2. The van der Waals surface area contributed by atoms with Gasteiger partial charge >= 0.3 is 29.8 Å². The lowest BCUT2D eigenvalue weighted by Gasteiger charge is -2.29. The monoisotopic (exact) mass is 1770 g/mol. The third kappa shape index (κ3) is 61.1. The molecule has 8 unspecified atom stereocenters. The van der Waals surface area contributed by atoms with E-state index in [1.54, 1.807) is 41.5 Å². The summed E-state index contributed by atoms with van der Waals surface area (Å²) in [5.74, 6) is -0.942. The zero-order valence-corrected chi connectivity index (χ0v) is 74.5. The molecule has 5 aliphatic heterocycles. The zero-order chi connectivity index (χ0) is 82.1. The summed E-state index contributed by atoms with van der Waals surface area (Å²) in [4.78, 5) is 89.8. The average molecular weight is 1770 g/mol. The van der Waals surface area contributed by atoms with Gasteiger partial charge in [0.15, 0.2) is 0 Å². The van der Waals surface area contributed by atoms with Gasteiger partial charge in [-0.25, -0.2) is 0 Å². The first-order valence-electron chi connectivity index (χ1n) is 40.9. The van der Waals surface area contributed by atoms with Crippen molar-refractivity contribution >= 4 is 82.3 Å². The zero-order valence-electron chi connectivity index (χ0n) is 69.7.